The van der Waals surface area contributed by atoms with Crippen LogP contribution < -0.4 is 5.48 Å². The van der Waals surface area contributed by atoms with E-state index < -0.39 is 6.23 Å². The third-order valence-corrected chi connectivity index (χ3v) is 4.97. The first-order valence-electron chi connectivity index (χ1n) is 9.80. The number of ether oxygens (including phenoxy) is 1. The van der Waals surface area contributed by atoms with E-state index in [1.54, 1.807) is 18.7 Å². The zero-order valence-corrected chi connectivity index (χ0v) is 16.7. The van der Waals surface area contributed by atoms with Gasteiger partial charge in [-0.15, -0.1) is 0 Å². The van der Waals surface area contributed by atoms with Gasteiger partial charge in [-0.2, -0.15) is 5.48 Å². The molecule has 0 saturated carbocycles. The maximum Gasteiger partial charge on any atom is 0.146 e. The molecule has 0 saturated heterocycles. The van der Waals surface area contributed by atoms with Gasteiger partial charge in [0.25, 0.3) is 0 Å². The predicted octanol–water partition coefficient (Wildman–Crippen LogP) is 3.17. The summed E-state index contributed by atoms with van der Waals surface area (Å²) < 4.78 is 5.29. The van der Waals surface area contributed by atoms with Gasteiger partial charge >= 0.3 is 0 Å². The van der Waals surface area contributed by atoms with Crippen molar-refractivity contribution >= 4 is 17.0 Å². The molecule has 0 amide bonds. The van der Waals surface area contributed by atoms with E-state index in [0.717, 1.165) is 31.6 Å². The minimum atomic E-state index is -1.07. The lowest BCUT2D eigenvalue weighted by molar-refractivity contribution is 0.0323. The summed E-state index contributed by atoms with van der Waals surface area (Å²) in [5.41, 5.74) is 6.47. The van der Waals surface area contributed by atoms with Crippen molar-refractivity contribution in [3.05, 3.63) is 77.5 Å². The summed E-state index contributed by atoms with van der Waals surface area (Å²) in [5.74, 6) is 0. The largest absolute Gasteiger partial charge is 0.383 e. The van der Waals surface area contributed by atoms with E-state index in [1.165, 1.54) is 28.1 Å². The Morgan fingerprint density at radius 3 is 2.69 bits per heavy atom. The van der Waals surface area contributed by atoms with Gasteiger partial charge in [-0.3, -0.25) is 4.90 Å². The van der Waals surface area contributed by atoms with Crippen LogP contribution in [0.25, 0.3) is 17.0 Å². The van der Waals surface area contributed by atoms with Crippen molar-refractivity contribution in [1.82, 2.24) is 15.4 Å². The van der Waals surface area contributed by atoms with E-state index in [2.05, 4.69) is 46.4 Å². The van der Waals surface area contributed by atoms with Crippen molar-refractivity contribution in [3.8, 4) is 0 Å². The van der Waals surface area contributed by atoms with Crippen molar-refractivity contribution in [2.45, 2.75) is 19.2 Å². The molecule has 1 atom stereocenters. The minimum absolute atomic E-state index is 0.695. The van der Waals surface area contributed by atoms with Crippen LogP contribution in [0.5, 0.6) is 0 Å². The number of aromatic amines is 1. The molecule has 0 aliphatic rings. The Bertz CT molecular complexity index is 905. The summed E-state index contributed by atoms with van der Waals surface area (Å²) in [4.78, 5) is 5.75. The molecule has 3 rings (SSSR count). The van der Waals surface area contributed by atoms with Crippen molar-refractivity contribution in [1.29, 1.82) is 0 Å². The zero-order valence-electron chi connectivity index (χ0n) is 16.7. The molecule has 0 spiro atoms. The molecule has 1 heterocycles. The summed E-state index contributed by atoms with van der Waals surface area (Å²) in [6.07, 6.45) is 5.26. The van der Waals surface area contributed by atoms with Gasteiger partial charge in [0.2, 0.25) is 0 Å². The van der Waals surface area contributed by atoms with Gasteiger partial charge in [0, 0.05) is 43.8 Å². The van der Waals surface area contributed by atoms with E-state index in [0.29, 0.717) is 6.61 Å². The van der Waals surface area contributed by atoms with Gasteiger partial charge in [-0.05, 0) is 35.3 Å². The Kier molecular flexibility index (Phi) is 7.98. The molecular formula is C23H29N3O3. The fourth-order valence-electron chi connectivity index (χ4n) is 3.34. The predicted molar refractivity (Wildman–Crippen MR) is 116 cm³/mol. The van der Waals surface area contributed by atoms with E-state index in [9.17, 15) is 5.11 Å². The van der Waals surface area contributed by atoms with Crippen LogP contribution in [-0.4, -0.2) is 53.2 Å². The number of methoxy groups -OCH3 is 1. The number of hydrogen-bond acceptors (Lipinski definition) is 5. The number of nitrogens with zero attached hydrogens (tertiary/aromatic N) is 1. The third kappa shape index (κ3) is 6.25. The summed E-state index contributed by atoms with van der Waals surface area (Å²) in [7, 11) is 1.73. The Morgan fingerprint density at radius 1 is 1.14 bits per heavy atom. The molecule has 29 heavy (non-hydrogen) atoms. The van der Waals surface area contributed by atoms with E-state index in [-0.39, 0.29) is 0 Å². The van der Waals surface area contributed by atoms with Crippen molar-refractivity contribution in [2.24, 2.45) is 0 Å². The van der Waals surface area contributed by atoms with E-state index in [1.807, 2.05) is 18.2 Å². The summed E-state index contributed by atoms with van der Waals surface area (Å²) in [5, 5.41) is 19.2. The monoisotopic (exact) mass is 395 g/mol. The lowest BCUT2D eigenvalue weighted by Gasteiger charge is -2.22. The first-order valence-corrected chi connectivity index (χ1v) is 9.80. The number of para-hydroxylation sites is 1. The average Bonchev–Trinajstić information content (AvgIpc) is 3.18. The quantitative estimate of drug-likeness (QED) is 0.296. The van der Waals surface area contributed by atoms with Gasteiger partial charge in [-0.1, -0.05) is 48.5 Å². The lowest BCUT2D eigenvalue weighted by Crippen LogP contribution is -2.29. The molecule has 6 heteroatoms. The molecule has 3 aromatic rings. The summed E-state index contributed by atoms with van der Waals surface area (Å²) in [6.45, 7) is 3.35. The van der Waals surface area contributed by atoms with Crippen LogP contribution in [0, 0.1) is 0 Å². The normalized spacial score (nSPS) is 13.0. The summed E-state index contributed by atoms with van der Waals surface area (Å²) >= 11 is 0. The molecular weight excluding hydrogens is 366 g/mol. The molecule has 6 nitrogen and oxygen atoms in total. The number of nitrogens with one attached hydrogen (secondary N) is 2. The Labute approximate surface area is 171 Å². The van der Waals surface area contributed by atoms with Crippen molar-refractivity contribution in [2.75, 3.05) is 26.8 Å². The van der Waals surface area contributed by atoms with E-state index >= 15 is 0 Å². The molecule has 1 unspecified atom stereocenters. The number of fused-ring (bicyclic) bond motifs is 1. The van der Waals surface area contributed by atoms with Gasteiger partial charge in [0.1, 0.15) is 6.23 Å². The van der Waals surface area contributed by atoms with Gasteiger partial charge in [0.15, 0.2) is 0 Å². The maximum absolute atomic E-state index is 9.31. The molecule has 1 aromatic heterocycles. The van der Waals surface area contributed by atoms with Crippen LogP contribution in [0.15, 0.2) is 60.8 Å². The van der Waals surface area contributed by atoms with Crippen LogP contribution in [0.4, 0.5) is 0 Å². The molecule has 0 aliphatic heterocycles. The number of benzene rings is 2. The Hall–Kier alpha value is -2.48. The highest BCUT2D eigenvalue weighted by molar-refractivity contribution is 5.83. The van der Waals surface area contributed by atoms with Crippen LogP contribution in [-0.2, 0) is 17.7 Å². The molecule has 4 N–H and O–H groups in total. The van der Waals surface area contributed by atoms with E-state index in [4.69, 9.17) is 9.94 Å². The minimum Gasteiger partial charge on any atom is -0.383 e. The number of aromatic nitrogens is 1. The topological polar surface area (TPSA) is 80.8 Å². The molecule has 0 fully saturated rings. The Morgan fingerprint density at radius 2 is 1.93 bits per heavy atom. The standard InChI is InChI=1S/C23H29N3O3/c1-29-15-14-26(13-12-20-16-24-22-5-3-2-4-21(20)22)17-19-8-6-18(7-9-19)10-11-23(27)25-28/h2-11,16,23-25,27-28H,12-15,17H2,1H3/b11-10+. The first-order chi connectivity index (χ1) is 14.2. The summed E-state index contributed by atoms with van der Waals surface area (Å²) in [6, 6.07) is 16.6. The lowest BCUT2D eigenvalue weighted by atomic mass is 10.1. The second-order valence-corrected chi connectivity index (χ2v) is 7.05. The highest BCUT2D eigenvalue weighted by Crippen LogP contribution is 2.19. The van der Waals surface area contributed by atoms with Crippen LogP contribution >= 0.6 is 0 Å². The second kappa shape index (κ2) is 10.9. The second-order valence-electron chi connectivity index (χ2n) is 7.05. The fraction of sp³-hybridized carbons (Fsp3) is 0.304. The van der Waals surface area contributed by atoms with Crippen molar-refractivity contribution < 1.29 is 15.1 Å². The molecule has 154 valence electrons. The smallest absolute Gasteiger partial charge is 0.146 e. The van der Waals surface area contributed by atoms with Gasteiger partial charge < -0.3 is 20.0 Å². The first kappa shape index (κ1) is 21.2. The fourth-order valence-corrected chi connectivity index (χ4v) is 3.34. The number of hydroxylamine groups is 1. The maximum atomic E-state index is 9.31. The Balaban J connectivity index is 1.62. The average molecular weight is 396 g/mol. The van der Waals surface area contributed by atoms with Crippen LogP contribution in [0.3, 0.4) is 0 Å². The number of aliphatic hydroxyl groups is 1. The van der Waals surface area contributed by atoms with Crippen LogP contribution in [0.1, 0.15) is 16.7 Å². The molecule has 0 bridgehead atoms. The number of H-pyrrole nitrogens is 1. The number of hydrogen-bond donors (Lipinski definition) is 4. The van der Waals surface area contributed by atoms with Gasteiger partial charge in [0.05, 0.1) is 6.61 Å². The molecule has 0 radical (unpaired) electrons. The van der Waals surface area contributed by atoms with Crippen molar-refractivity contribution in [3.63, 3.8) is 0 Å². The third-order valence-electron chi connectivity index (χ3n) is 4.97. The highest BCUT2D eigenvalue weighted by Gasteiger charge is 2.09. The number of rotatable bonds is 11. The zero-order chi connectivity index (χ0) is 20.5. The molecule has 0 aliphatic carbocycles. The molecule has 2 aromatic carbocycles. The SMILES string of the molecule is COCCN(CCc1c[nH]c2ccccc12)Cc1ccc(/C=C/C(O)NO)cc1. The van der Waals surface area contributed by atoms with Crippen LogP contribution in [0.2, 0.25) is 0 Å². The highest BCUT2D eigenvalue weighted by atomic mass is 16.5. The number of aliphatic hydroxyl groups excluding tert-OH is 1. The van der Waals surface area contributed by atoms with Gasteiger partial charge in [-0.25, -0.2) is 0 Å².